The first-order chi connectivity index (χ1) is 4.91. The van der Waals surface area contributed by atoms with Crippen molar-refractivity contribution < 1.29 is 0 Å². The molecule has 0 spiro atoms. The fourth-order valence-electron chi connectivity index (χ4n) is 0.253. The molecule has 0 aliphatic carbocycles. The Kier molecular flexibility index (Phi) is 7.20. The molecule has 1 heterocycles. The second kappa shape index (κ2) is 8.00. The zero-order valence-corrected chi connectivity index (χ0v) is 5.77. The van der Waals surface area contributed by atoms with Gasteiger partial charge in [0.25, 0.3) is 0 Å². The van der Waals surface area contributed by atoms with Crippen LogP contribution < -0.4 is 11.5 Å². The largest absolute Gasteiger partial charge is 0.329 e. The molecule has 10 heavy (non-hydrogen) atoms. The summed E-state index contributed by atoms with van der Waals surface area (Å²) in [7, 11) is 0. The van der Waals surface area contributed by atoms with Gasteiger partial charge in [0.2, 0.25) is 0 Å². The highest BCUT2D eigenvalue weighted by molar-refractivity contribution is 4.70. The van der Waals surface area contributed by atoms with Crippen molar-refractivity contribution in [2.45, 2.75) is 0 Å². The summed E-state index contributed by atoms with van der Waals surface area (Å²) in [5.41, 5.74) is 9.81. The van der Waals surface area contributed by atoms with Gasteiger partial charge in [0.05, 0.1) is 0 Å². The third kappa shape index (κ3) is 7.00. The second-order valence-corrected chi connectivity index (χ2v) is 1.47. The normalized spacial score (nSPS) is 7.80. The van der Waals surface area contributed by atoms with Crippen molar-refractivity contribution in [3.63, 3.8) is 0 Å². The molecular formula is C6H12N4. The van der Waals surface area contributed by atoms with Gasteiger partial charge in [-0.1, -0.05) is 0 Å². The molecule has 0 unspecified atom stereocenters. The molecule has 0 aromatic carbocycles. The van der Waals surface area contributed by atoms with E-state index in [9.17, 15) is 0 Å². The Morgan fingerprint density at radius 3 is 1.20 bits per heavy atom. The van der Waals surface area contributed by atoms with Crippen LogP contribution in [0.2, 0.25) is 0 Å². The predicted molar refractivity (Wildman–Crippen MR) is 40.1 cm³/mol. The lowest BCUT2D eigenvalue weighted by Crippen LogP contribution is -2.11. The zero-order chi connectivity index (χ0) is 7.66. The minimum Gasteiger partial charge on any atom is -0.329 e. The molecule has 0 bridgehead atoms. The molecule has 4 heteroatoms. The molecule has 0 aliphatic heterocycles. The molecule has 0 fully saturated rings. The summed E-state index contributed by atoms with van der Waals surface area (Å²) >= 11 is 0. The molecule has 1 rings (SSSR count). The fraction of sp³-hybridized carbons (Fsp3) is 0.333. The van der Waals surface area contributed by atoms with Crippen molar-refractivity contribution in [1.29, 1.82) is 0 Å². The van der Waals surface area contributed by atoms with Crippen LogP contribution in [0.5, 0.6) is 0 Å². The van der Waals surface area contributed by atoms with Gasteiger partial charge in [-0.25, -0.2) is 0 Å². The van der Waals surface area contributed by atoms with Gasteiger partial charge in [-0.2, -0.15) is 0 Å². The van der Waals surface area contributed by atoms with Crippen molar-refractivity contribution in [3.8, 4) is 0 Å². The Morgan fingerprint density at radius 2 is 1.10 bits per heavy atom. The average Bonchev–Trinajstić information content (AvgIpc) is 2.08. The van der Waals surface area contributed by atoms with Crippen molar-refractivity contribution >= 4 is 0 Å². The highest BCUT2D eigenvalue weighted by Gasteiger charge is 1.59. The molecule has 56 valence electrons. The highest BCUT2D eigenvalue weighted by Crippen LogP contribution is 1.65. The Labute approximate surface area is 60.3 Å². The Bertz CT molecular complexity index is 102. The van der Waals surface area contributed by atoms with Gasteiger partial charge < -0.3 is 11.5 Å². The maximum atomic E-state index is 4.90. The van der Waals surface area contributed by atoms with E-state index >= 15 is 0 Å². The van der Waals surface area contributed by atoms with Crippen molar-refractivity contribution in [2.75, 3.05) is 13.1 Å². The molecule has 4 N–H and O–H groups in total. The van der Waals surface area contributed by atoms with Crippen LogP contribution in [0.3, 0.4) is 0 Å². The van der Waals surface area contributed by atoms with E-state index in [1.165, 1.54) is 0 Å². The van der Waals surface area contributed by atoms with E-state index in [0.717, 1.165) is 0 Å². The summed E-state index contributed by atoms with van der Waals surface area (Å²) in [5.74, 6) is 0. The van der Waals surface area contributed by atoms with Crippen LogP contribution in [0.1, 0.15) is 0 Å². The second-order valence-electron chi connectivity index (χ2n) is 1.47. The Hall–Kier alpha value is -1.00. The van der Waals surface area contributed by atoms with Gasteiger partial charge in [-0.3, -0.25) is 9.97 Å². The first-order valence-electron chi connectivity index (χ1n) is 3.02. The van der Waals surface area contributed by atoms with Gasteiger partial charge in [0, 0.05) is 37.9 Å². The maximum absolute atomic E-state index is 4.90. The smallest absolute Gasteiger partial charge is 0.0451 e. The van der Waals surface area contributed by atoms with Crippen molar-refractivity contribution in [3.05, 3.63) is 24.8 Å². The lowest BCUT2D eigenvalue weighted by molar-refractivity contribution is 0.976. The minimum absolute atomic E-state index is 0.597. The lowest BCUT2D eigenvalue weighted by atomic mass is 10.7. The number of nitrogens with zero attached hydrogens (tertiary/aromatic N) is 2. The summed E-state index contributed by atoms with van der Waals surface area (Å²) in [4.78, 5) is 7.44. The predicted octanol–water partition coefficient (Wildman–Crippen LogP) is -0.620. The summed E-state index contributed by atoms with van der Waals surface area (Å²) in [5, 5.41) is 0. The van der Waals surface area contributed by atoms with Crippen LogP contribution in [0, 0.1) is 0 Å². The molecule has 0 atom stereocenters. The Balaban J connectivity index is 0.000000180. The van der Waals surface area contributed by atoms with Gasteiger partial charge in [0.1, 0.15) is 0 Å². The molecule has 0 saturated heterocycles. The standard InChI is InChI=1S/C4H4N2.C2H8N2/c1-2-6-4-3-5-1;3-1-2-4/h1-4H;1-4H2. The topological polar surface area (TPSA) is 77.8 Å². The number of hydrogen-bond donors (Lipinski definition) is 2. The number of rotatable bonds is 1. The Morgan fingerprint density at radius 1 is 0.800 bits per heavy atom. The molecule has 0 aliphatic rings. The molecule has 1 aromatic rings. The number of nitrogens with two attached hydrogens (primary N) is 2. The van der Waals surface area contributed by atoms with E-state index in [0.29, 0.717) is 13.1 Å². The maximum Gasteiger partial charge on any atom is 0.0451 e. The van der Waals surface area contributed by atoms with Crippen LogP contribution in [-0.2, 0) is 0 Å². The summed E-state index contributed by atoms with van der Waals surface area (Å²) in [6.07, 6.45) is 6.56. The minimum atomic E-state index is 0.597. The molecular weight excluding hydrogens is 128 g/mol. The molecule has 0 radical (unpaired) electrons. The summed E-state index contributed by atoms with van der Waals surface area (Å²) in [6.45, 7) is 1.19. The first kappa shape index (κ1) is 9.00. The van der Waals surface area contributed by atoms with Gasteiger partial charge in [-0.15, -0.1) is 0 Å². The monoisotopic (exact) mass is 140 g/mol. The van der Waals surface area contributed by atoms with Crippen molar-refractivity contribution in [1.82, 2.24) is 9.97 Å². The van der Waals surface area contributed by atoms with E-state index in [1.807, 2.05) is 0 Å². The van der Waals surface area contributed by atoms with E-state index < -0.39 is 0 Å². The third-order valence-corrected chi connectivity index (χ3v) is 0.644. The van der Waals surface area contributed by atoms with Crippen LogP contribution in [0.25, 0.3) is 0 Å². The summed E-state index contributed by atoms with van der Waals surface area (Å²) in [6, 6.07) is 0. The van der Waals surface area contributed by atoms with E-state index in [-0.39, 0.29) is 0 Å². The number of hydrogen-bond acceptors (Lipinski definition) is 4. The van der Waals surface area contributed by atoms with Gasteiger partial charge in [0.15, 0.2) is 0 Å². The summed E-state index contributed by atoms with van der Waals surface area (Å²) < 4.78 is 0. The van der Waals surface area contributed by atoms with Crippen LogP contribution >= 0.6 is 0 Å². The molecule has 0 saturated carbocycles. The zero-order valence-electron chi connectivity index (χ0n) is 5.77. The fourth-order valence-corrected chi connectivity index (χ4v) is 0.253. The van der Waals surface area contributed by atoms with Crippen molar-refractivity contribution in [2.24, 2.45) is 11.5 Å². The van der Waals surface area contributed by atoms with Crippen LogP contribution in [0.15, 0.2) is 24.8 Å². The quantitative estimate of drug-likeness (QED) is 0.545. The number of aromatic nitrogens is 2. The third-order valence-electron chi connectivity index (χ3n) is 0.644. The first-order valence-corrected chi connectivity index (χ1v) is 3.02. The van der Waals surface area contributed by atoms with Gasteiger partial charge in [-0.05, 0) is 0 Å². The van der Waals surface area contributed by atoms with Crippen LogP contribution in [0.4, 0.5) is 0 Å². The SMILES string of the molecule is NCCN.c1cnccn1. The highest BCUT2D eigenvalue weighted by atomic mass is 14.7. The molecule has 0 amide bonds. The van der Waals surface area contributed by atoms with Crippen LogP contribution in [-0.4, -0.2) is 23.1 Å². The van der Waals surface area contributed by atoms with E-state index in [1.54, 1.807) is 24.8 Å². The van der Waals surface area contributed by atoms with E-state index in [4.69, 9.17) is 11.5 Å². The lowest BCUT2D eigenvalue weighted by Gasteiger charge is -1.72. The average molecular weight is 140 g/mol. The molecule has 1 aromatic heterocycles. The molecule has 4 nitrogen and oxygen atoms in total. The van der Waals surface area contributed by atoms with E-state index in [2.05, 4.69) is 9.97 Å². The van der Waals surface area contributed by atoms with Gasteiger partial charge >= 0.3 is 0 Å².